The van der Waals surface area contributed by atoms with Gasteiger partial charge in [0.05, 0.1) is 18.2 Å². The molecule has 32 heavy (non-hydrogen) atoms. The highest BCUT2D eigenvalue weighted by molar-refractivity contribution is 7.14. The fourth-order valence-corrected chi connectivity index (χ4v) is 4.61. The summed E-state index contributed by atoms with van der Waals surface area (Å²) in [6, 6.07) is 14.5. The van der Waals surface area contributed by atoms with Crippen LogP contribution < -0.4 is 10.1 Å². The molecule has 2 heterocycles. The molecule has 1 atom stereocenters. The van der Waals surface area contributed by atoms with Crippen molar-refractivity contribution in [1.82, 2.24) is 9.88 Å². The van der Waals surface area contributed by atoms with Crippen LogP contribution in [0.2, 0.25) is 5.02 Å². The maximum absolute atomic E-state index is 12.9. The monoisotopic (exact) mass is 469 g/mol. The highest BCUT2D eigenvalue weighted by Crippen LogP contribution is 2.32. The van der Waals surface area contributed by atoms with Crippen molar-refractivity contribution in [2.45, 2.75) is 19.8 Å². The van der Waals surface area contributed by atoms with Crippen LogP contribution in [0.4, 0.5) is 5.13 Å². The number of piperidine rings is 1. The zero-order chi connectivity index (χ0) is 22.5. The Hall–Kier alpha value is -2.90. The molecule has 1 aliphatic heterocycles. The predicted octanol–water partition coefficient (Wildman–Crippen LogP) is 5.35. The summed E-state index contributed by atoms with van der Waals surface area (Å²) in [5.74, 6) is 0.297. The molecule has 8 heteroatoms. The van der Waals surface area contributed by atoms with Crippen LogP contribution >= 0.6 is 22.9 Å². The number of para-hydroxylation sites is 1. The number of likely N-dealkylation sites (tertiary alicyclic amines) is 1. The SMILES string of the molecule is CCOc1ccccc1-c1csc(NC(=O)C2CCCN(C(=O)c3ccc(Cl)cc3)C2)n1. The summed E-state index contributed by atoms with van der Waals surface area (Å²) in [6.07, 6.45) is 1.52. The molecule has 1 unspecified atom stereocenters. The molecule has 0 spiro atoms. The van der Waals surface area contributed by atoms with Gasteiger partial charge in [0.25, 0.3) is 5.91 Å². The van der Waals surface area contributed by atoms with E-state index in [9.17, 15) is 9.59 Å². The van der Waals surface area contributed by atoms with E-state index in [1.54, 1.807) is 29.2 Å². The van der Waals surface area contributed by atoms with Crippen LogP contribution in [0.3, 0.4) is 0 Å². The molecule has 0 bridgehead atoms. The van der Waals surface area contributed by atoms with Crippen molar-refractivity contribution in [2.24, 2.45) is 5.92 Å². The van der Waals surface area contributed by atoms with Crippen molar-refractivity contribution in [1.29, 1.82) is 0 Å². The molecule has 1 N–H and O–H groups in total. The molecule has 0 radical (unpaired) electrons. The fraction of sp³-hybridized carbons (Fsp3) is 0.292. The van der Waals surface area contributed by atoms with E-state index in [1.807, 2.05) is 36.6 Å². The third-order valence-corrected chi connectivity index (χ3v) is 6.38. The first-order valence-electron chi connectivity index (χ1n) is 10.6. The van der Waals surface area contributed by atoms with Crippen molar-refractivity contribution in [3.63, 3.8) is 0 Å². The van der Waals surface area contributed by atoms with Crippen molar-refractivity contribution in [3.05, 3.63) is 64.5 Å². The molecule has 4 rings (SSSR count). The van der Waals surface area contributed by atoms with Gasteiger partial charge in [-0.15, -0.1) is 11.3 Å². The minimum atomic E-state index is -0.275. The number of aromatic nitrogens is 1. The number of anilines is 1. The van der Waals surface area contributed by atoms with Gasteiger partial charge in [0.1, 0.15) is 5.75 Å². The molecule has 0 aliphatic carbocycles. The largest absolute Gasteiger partial charge is 0.493 e. The molecule has 6 nitrogen and oxygen atoms in total. The average molecular weight is 470 g/mol. The maximum Gasteiger partial charge on any atom is 0.253 e. The Labute approximate surface area is 196 Å². The lowest BCUT2D eigenvalue weighted by Gasteiger charge is -2.32. The van der Waals surface area contributed by atoms with Gasteiger partial charge in [0.15, 0.2) is 5.13 Å². The highest BCUT2D eigenvalue weighted by Gasteiger charge is 2.29. The maximum atomic E-state index is 12.9. The lowest BCUT2D eigenvalue weighted by Crippen LogP contribution is -2.43. The second-order valence-corrected chi connectivity index (χ2v) is 8.85. The van der Waals surface area contributed by atoms with Gasteiger partial charge in [-0.25, -0.2) is 4.98 Å². The third kappa shape index (κ3) is 5.11. The molecule has 1 saturated heterocycles. The van der Waals surface area contributed by atoms with E-state index in [0.29, 0.717) is 35.4 Å². The van der Waals surface area contributed by atoms with Crippen LogP contribution in [0, 0.1) is 5.92 Å². The molecule has 0 saturated carbocycles. The zero-order valence-electron chi connectivity index (χ0n) is 17.7. The topological polar surface area (TPSA) is 71.5 Å². The molecule has 2 amide bonds. The first-order valence-corrected chi connectivity index (χ1v) is 11.8. The Balaban J connectivity index is 1.41. The number of hydrogen-bond donors (Lipinski definition) is 1. The smallest absolute Gasteiger partial charge is 0.253 e. The lowest BCUT2D eigenvalue weighted by atomic mass is 9.96. The highest BCUT2D eigenvalue weighted by atomic mass is 35.5. The van der Waals surface area contributed by atoms with Crippen LogP contribution in [0.1, 0.15) is 30.1 Å². The van der Waals surface area contributed by atoms with Crippen molar-refractivity contribution >= 4 is 39.9 Å². The number of hydrogen-bond acceptors (Lipinski definition) is 5. The van der Waals surface area contributed by atoms with Gasteiger partial charge >= 0.3 is 0 Å². The number of rotatable bonds is 6. The Morgan fingerprint density at radius 2 is 2.00 bits per heavy atom. The number of nitrogens with zero attached hydrogens (tertiary/aromatic N) is 2. The summed E-state index contributed by atoms with van der Waals surface area (Å²) < 4.78 is 5.69. The van der Waals surface area contributed by atoms with Gasteiger partial charge < -0.3 is 15.0 Å². The number of carbonyl (C=O) groups excluding carboxylic acids is 2. The molecular weight excluding hydrogens is 446 g/mol. The van der Waals surface area contributed by atoms with Crippen LogP contribution in [0.15, 0.2) is 53.9 Å². The number of thiazole rings is 1. The van der Waals surface area contributed by atoms with E-state index in [-0.39, 0.29) is 17.7 Å². The number of amides is 2. The van der Waals surface area contributed by atoms with Gasteiger partial charge in [-0.3, -0.25) is 9.59 Å². The van der Waals surface area contributed by atoms with E-state index in [4.69, 9.17) is 16.3 Å². The Kier molecular flexibility index (Phi) is 7.07. The summed E-state index contributed by atoms with van der Waals surface area (Å²) in [5.41, 5.74) is 2.23. The second-order valence-electron chi connectivity index (χ2n) is 7.55. The van der Waals surface area contributed by atoms with Gasteiger partial charge in [-0.05, 0) is 56.2 Å². The Bertz CT molecular complexity index is 1100. The molecule has 1 aliphatic rings. The molecule has 166 valence electrons. The fourth-order valence-electron chi connectivity index (χ4n) is 3.77. The summed E-state index contributed by atoms with van der Waals surface area (Å²) in [7, 11) is 0. The van der Waals surface area contributed by atoms with Crippen LogP contribution in [0.25, 0.3) is 11.3 Å². The van der Waals surface area contributed by atoms with Gasteiger partial charge in [-0.2, -0.15) is 0 Å². The summed E-state index contributed by atoms with van der Waals surface area (Å²) in [5, 5.41) is 5.97. The van der Waals surface area contributed by atoms with E-state index < -0.39 is 0 Å². The average Bonchev–Trinajstić information content (AvgIpc) is 3.28. The van der Waals surface area contributed by atoms with Crippen LogP contribution in [-0.2, 0) is 4.79 Å². The van der Waals surface area contributed by atoms with Crippen LogP contribution in [-0.4, -0.2) is 41.4 Å². The minimum absolute atomic E-state index is 0.0803. The second kappa shape index (κ2) is 10.1. The minimum Gasteiger partial charge on any atom is -0.493 e. The third-order valence-electron chi connectivity index (χ3n) is 5.37. The van der Waals surface area contributed by atoms with Crippen molar-refractivity contribution in [3.8, 4) is 17.0 Å². The number of halogens is 1. The number of ether oxygens (including phenoxy) is 1. The molecule has 3 aromatic rings. The van der Waals surface area contributed by atoms with E-state index in [0.717, 1.165) is 29.8 Å². The standard InChI is InChI=1S/C24H24ClN3O3S/c1-2-31-21-8-4-3-7-19(21)20-15-32-24(26-20)27-22(29)17-6-5-13-28(14-17)23(30)16-9-11-18(25)12-10-16/h3-4,7-12,15,17H,2,5-6,13-14H2,1H3,(H,26,27,29). The summed E-state index contributed by atoms with van der Waals surface area (Å²) in [6.45, 7) is 3.53. The van der Waals surface area contributed by atoms with Crippen molar-refractivity contribution < 1.29 is 14.3 Å². The quantitative estimate of drug-likeness (QED) is 0.528. The number of nitrogens with one attached hydrogen (secondary N) is 1. The first kappa shape index (κ1) is 22.3. The molecule has 1 aromatic heterocycles. The Morgan fingerprint density at radius 1 is 1.22 bits per heavy atom. The Morgan fingerprint density at radius 3 is 2.78 bits per heavy atom. The normalized spacial score (nSPS) is 15.9. The predicted molar refractivity (Wildman–Crippen MR) is 127 cm³/mol. The molecule has 2 aromatic carbocycles. The summed E-state index contributed by atoms with van der Waals surface area (Å²) >= 11 is 7.30. The van der Waals surface area contributed by atoms with Gasteiger partial charge in [0.2, 0.25) is 5.91 Å². The summed E-state index contributed by atoms with van der Waals surface area (Å²) in [4.78, 5) is 32.0. The molecule has 1 fully saturated rings. The van der Waals surface area contributed by atoms with E-state index in [1.165, 1.54) is 11.3 Å². The zero-order valence-corrected chi connectivity index (χ0v) is 19.3. The lowest BCUT2D eigenvalue weighted by molar-refractivity contribution is -0.121. The van der Waals surface area contributed by atoms with Gasteiger partial charge in [0, 0.05) is 34.6 Å². The van der Waals surface area contributed by atoms with Crippen molar-refractivity contribution in [2.75, 3.05) is 25.0 Å². The molecular formula is C24H24ClN3O3S. The number of benzene rings is 2. The van der Waals surface area contributed by atoms with E-state index >= 15 is 0 Å². The van der Waals surface area contributed by atoms with E-state index in [2.05, 4.69) is 10.3 Å². The van der Waals surface area contributed by atoms with Crippen LogP contribution in [0.5, 0.6) is 5.75 Å². The number of carbonyl (C=O) groups is 2. The first-order chi connectivity index (χ1) is 15.5. The van der Waals surface area contributed by atoms with Gasteiger partial charge in [-0.1, -0.05) is 23.7 Å².